The number of fused-ring (bicyclic) bond motifs is 2. The Morgan fingerprint density at radius 1 is 1.09 bits per heavy atom. The number of carbonyl (C=O) groups excluding carboxylic acids is 2. The largest absolute Gasteiger partial charge is 0.497 e. The van der Waals surface area contributed by atoms with Gasteiger partial charge in [0.05, 0.1) is 18.2 Å². The van der Waals surface area contributed by atoms with Crippen LogP contribution in [0.2, 0.25) is 0 Å². The van der Waals surface area contributed by atoms with Gasteiger partial charge in [-0.15, -0.1) is 0 Å². The van der Waals surface area contributed by atoms with Crippen LogP contribution in [-0.4, -0.2) is 80.1 Å². The van der Waals surface area contributed by atoms with Gasteiger partial charge in [-0.2, -0.15) is 0 Å². The van der Waals surface area contributed by atoms with Crippen LogP contribution in [0.4, 0.5) is 14.9 Å². The third-order valence-corrected chi connectivity index (χ3v) is 9.06. The lowest BCUT2D eigenvalue weighted by Gasteiger charge is -2.33. The minimum atomic E-state index is -0.375. The van der Waals surface area contributed by atoms with Crippen LogP contribution in [0.25, 0.3) is 17.0 Å². The number of amides is 2. The van der Waals surface area contributed by atoms with Gasteiger partial charge >= 0.3 is 6.03 Å². The first kappa shape index (κ1) is 29.2. The third kappa shape index (κ3) is 5.86. The molecule has 6 rings (SSSR count). The number of methoxy groups -OCH3 is 1. The highest BCUT2D eigenvalue weighted by molar-refractivity contribution is 6.16. The van der Waals surface area contributed by atoms with Crippen LogP contribution in [0, 0.1) is 5.82 Å². The molecule has 2 amide bonds. The zero-order valence-corrected chi connectivity index (χ0v) is 25.2. The number of allylic oxidation sites excluding steroid dienone is 1. The average Bonchev–Trinajstić information content (AvgIpc) is 3.50. The summed E-state index contributed by atoms with van der Waals surface area (Å²) in [6, 6.07) is 7.95. The molecule has 228 valence electrons. The SMILES string of the molecule is CNC(=O)Nc1ccc2c(c1)C(=O)C(=Cc1c(C3CCCCC3)n(CCN3CCN(C)CC3)c3c(F)cc(OC)cc13)O2. The van der Waals surface area contributed by atoms with Gasteiger partial charge in [0.25, 0.3) is 0 Å². The van der Waals surface area contributed by atoms with E-state index in [1.54, 1.807) is 24.3 Å². The van der Waals surface area contributed by atoms with Crippen LogP contribution < -0.4 is 20.1 Å². The maximum absolute atomic E-state index is 16.0. The summed E-state index contributed by atoms with van der Waals surface area (Å²) < 4.78 is 29.7. The predicted molar refractivity (Wildman–Crippen MR) is 166 cm³/mol. The van der Waals surface area contributed by atoms with Crippen LogP contribution in [-0.2, 0) is 6.54 Å². The molecule has 9 nitrogen and oxygen atoms in total. The number of hydrogen-bond donors (Lipinski definition) is 2. The van der Waals surface area contributed by atoms with Crippen molar-refractivity contribution in [1.29, 1.82) is 0 Å². The average molecular weight is 590 g/mol. The van der Waals surface area contributed by atoms with Gasteiger partial charge in [0.1, 0.15) is 11.5 Å². The van der Waals surface area contributed by atoms with Crippen molar-refractivity contribution >= 4 is 34.5 Å². The van der Waals surface area contributed by atoms with Crippen molar-refractivity contribution in [3.05, 3.63) is 58.7 Å². The highest BCUT2D eigenvalue weighted by Crippen LogP contribution is 2.43. The third-order valence-electron chi connectivity index (χ3n) is 9.06. The molecule has 0 unspecified atom stereocenters. The first-order valence-corrected chi connectivity index (χ1v) is 15.2. The van der Waals surface area contributed by atoms with Crippen LogP contribution in [0.3, 0.4) is 0 Å². The molecule has 3 heterocycles. The van der Waals surface area contributed by atoms with Crippen molar-refractivity contribution in [2.24, 2.45) is 0 Å². The van der Waals surface area contributed by atoms with E-state index in [0.29, 0.717) is 34.8 Å². The van der Waals surface area contributed by atoms with Crippen molar-refractivity contribution in [2.45, 2.75) is 44.6 Å². The van der Waals surface area contributed by atoms with E-state index in [-0.39, 0.29) is 29.3 Å². The zero-order chi connectivity index (χ0) is 30.1. The van der Waals surface area contributed by atoms with Crippen LogP contribution in [0.15, 0.2) is 36.1 Å². The molecule has 1 aliphatic carbocycles. The maximum Gasteiger partial charge on any atom is 0.318 e. The summed E-state index contributed by atoms with van der Waals surface area (Å²) in [6.07, 6.45) is 7.27. The summed E-state index contributed by atoms with van der Waals surface area (Å²) in [7, 11) is 5.21. The fourth-order valence-electron chi connectivity index (χ4n) is 6.68. The molecule has 0 radical (unpaired) electrons. The second kappa shape index (κ2) is 12.4. The molecule has 43 heavy (non-hydrogen) atoms. The fourth-order valence-corrected chi connectivity index (χ4v) is 6.68. The number of rotatable bonds is 7. The van der Waals surface area contributed by atoms with Crippen molar-refractivity contribution in [3.63, 3.8) is 0 Å². The fraction of sp³-hybridized carbons (Fsp3) is 0.455. The summed E-state index contributed by atoms with van der Waals surface area (Å²) in [6.45, 7) is 5.48. The van der Waals surface area contributed by atoms with Crippen LogP contribution in [0.1, 0.15) is 59.6 Å². The molecule has 0 atom stereocenters. The predicted octanol–water partition coefficient (Wildman–Crippen LogP) is 5.45. The molecule has 1 saturated carbocycles. The Labute approximate surface area is 251 Å². The monoisotopic (exact) mass is 589 g/mol. The number of anilines is 1. The first-order chi connectivity index (χ1) is 20.9. The van der Waals surface area contributed by atoms with E-state index in [9.17, 15) is 9.59 Å². The molecule has 10 heteroatoms. The molecule has 1 saturated heterocycles. The number of piperazine rings is 1. The number of Topliss-reactive ketones (excluding diaryl/α,β-unsaturated/α-hetero) is 1. The van der Waals surface area contributed by atoms with Gasteiger partial charge in [0.2, 0.25) is 5.78 Å². The number of nitrogens with zero attached hydrogens (tertiary/aromatic N) is 3. The maximum atomic E-state index is 16.0. The normalized spacial score (nSPS) is 19.1. The zero-order valence-electron chi connectivity index (χ0n) is 25.2. The Morgan fingerprint density at radius 3 is 2.58 bits per heavy atom. The quantitative estimate of drug-likeness (QED) is 0.357. The van der Waals surface area contributed by atoms with Gasteiger partial charge in [0.15, 0.2) is 11.6 Å². The van der Waals surface area contributed by atoms with E-state index >= 15 is 4.39 Å². The van der Waals surface area contributed by atoms with E-state index in [4.69, 9.17) is 9.47 Å². The molecule has 0 spiro atoms. The molecule has 2 N–H and O–H groups in total. The van der Waals surface area contributed by atoms with Crippen LogP contribution >= 0.6 is 0 Å². The molecule has 2 aliphatic heterocycles. The molecular weight excluding hydrogens is 549 g/mol. The molecule has 3 aromatic rings. The van der Waals surface area contributed by atoms with Crippen molar-refractivity contribution in [2.75, 3.05) is 59.2 Å². The number of ether oxygens (including phenoxy) is 2. The van der Waals surface area contributed by atoms with Crippen molar-refractivity contribution in [1.82, 2.24) is 19.7 Å². The summed E-state index contributed by atoms with van der Waals surface area (Å²) in [5.74, 6) is 0.690. The van der Waals surface area contributed by atoms with Gasteiger partial charge in [0, 0.05) is 74.7 Å². The van der Waals surface area contributed by atoms with Gasteiger partial charge < -0.3 is 29.6 Å². The van der Waals surface area contributed by atoms with Gasteiger partial charge in [-0.05, 0) is 56.1 Å². The van der Waals surface area contributed by atoms with Crippen molar-refractivity contribution < 1.29 is 23.5 Å². The van der Waals surface area contributed by atoms with E-state index in [2.05, 4.69) is 32.0 Å². The number of aromatic nitrogens is 1. The summed E-state index contributed by atoms with van der Waals surface area (Å²) in [5.41, 5.74) is 3.30. The number of nitrogens with one attached hydrogen (secondary N) is 2. The summed E-state index contributed by atoms with van der Waals surface area (Å²) in [4.78, 5) is 30.3. The van der Waals surface area contributed by atoms with Crippen LogP contribution in [0.5, 0.6) is 11.5 Å². The smallest absolute Gasteiger partial charge is 0.318 e. The molecule has 3 aliphatic rings. The Kier molecular flexibility index (Phi) is 8.41. The first-order valence-electron chi connectivity index (χ1n) is 15.2. The number of likely N-dealkylation sites (N-methyl/N-ethyl adjacent to an activating group) is 1. The standard InChI is InChI=1S/C33H40FN5O4/c1-35-33(41)36-22-9-10-28-26(17-22)32(40)29(43-28)20-25-24-18-23(42-3)19-27(34)31(24)39(30(25)21-7-5-4-6-8-21)16-15-38-13-11-37(2)12-14-38/h9-10,17-21H,4-8,11-16H2,1-3H3,(H2,35,36,41). The number of halogens is 1. The van der Waals surface area contributed by atoms with Gasteiger partial charge in [-0.1, -0.05) is 19.3 Å². The summed E-state index contributed by atoms with van der Waals surface area (Å²) in [5, 5.41) is 5.94. The lowest BCUT2D eigenvalue weighted by Crippen LogP contribution is -2.45. The lowest BCUT2D eigenvalue weighted by atomic mass is 9.85. The molecule has 2 fully saturated rings. The summed E-state index contributed by atoms with van der Waals surface area (Å²) >= 11 is 0. The van der Waals surface area contributed by atoms with E-state index < -0.39 is 0 Å². The van der Waals surface area contributed by atoms with E-state index in [0.717, 1.165) is 75.1 Å². The number of ketones is 1. The molecule has 2 aromatic carbocycles. The number of hydrogen-bond acceptors (Lipinski definition) is 6. The molecule has 1 aromatic heterocycles. The number of benzene rings is 2. The molecular formula is C33H40FN5O4. The highest BCUT2D eigenvalue weighted by atomic mass is 19.1. The van der Waals surface area contributed by atoms with E-state index in [1.807, 2.05) is 6.07 Å². The Morgan fingerprint density at radius 2 is 1.86 bits per heavy atom. The molecule has 0 bridgehead atoms. The minimum Gasteiger partial charge on any atom is -0.497 e. The van der Waals surface area contributed by atoms with Gasteiger partial charge in [-0.3, -0.25) is 9.69 Å². The second-order valence-electron chi connectivity index (χ2n) is 11.8. The van der Waals surface area contributed by atoms with Gasteiger partial charge in [-0.25, -0.2) is 9.18 Å². The number of urea groups is 1. The van der Waals surface area contributed by atoms with Crippen molar-refractivity contribution in [3.8, 4) is 11.5 Å². The second-order valence-corrected chi connectivity index (χ2v) is 11.8. The lowest BCUT2D eigenvalue weighted by molar-refractivity contribution is 0.101. The topological polar surface area (TPSA) is 88.1 Å². The Balaban J connectivity index is 1.45. The highest BCUT2D eigenvalue weighted by Gasteiger charge is 2.32. The Hall–Kier alpha value is -3.89. The minimum absolute atomic E-state index is 0.186. The Bertz CT molecular complexity index is 1570. The van der Waals surface area contributed by atoms with E-state index in [1.165, 1.54) is 26.6 Å². The number of carbonyl (C=O) groups is 2.